The Labute approximate surface area is 138 Å². The zero-order valence-corrected chi connectivity index (χ0v) is 15.2. The molecule has 0 bridgehead atoms. The summed E-state index contributed by atoms with van der Waals surface area (Å²) >= 11 is 3.63. The van der Waals surface area contributed by atoms with Crippen LogP contribution in [0.25, 0.3) is 0 Å². The van der Waals surface area contributed by atoms with E-state index in [9.17, 15) is 0 Å². The van der Waals surface area contributed by atoms with Gasteiger partial charge in [0.15, 0.2) is 0 Å². The quantitative estimate of drug-likeness (QED) is 0.792. The summed E-state index contributed by atoms with van der Waals surface area (Å²) in [6, 6.07) is 7.98. The van der Waals surface area contributed by atoms with Gasteiger partial charge >= 0.3 is 0 Å². The highest BCUT2D eigenvalue weighted by atomic mass is 79.9. The van der Waals surface area contributed by atoms with Crippen molar-refractivity contribution in [1.82, 2.24) is 5.32 Å². The lowest BCUT2D eigenvalue weighted by Crippen LogP contribution is -2.35. The van der Waals surface area contributed by atoms with Crippen LogP contribution >= 0.6 is 15.9 Å². The molecule has 1 fully saturated rings. The van der Waals surface area contributed by atoms with Crippen LogP contribution < -0.4 is 10.2 Å². The van der Waals surface area contributed by atoms with E-state index in [1.807, 2.05) is 0 Å². The Morgan fingerprint density at radius 1 is 1.29 bits per heavy atom. The molecule has 118 valence electrons. The molecule has 1 atom stereocenters. The van der Waals surface area contributed by atoms with Gasteiger partial charge in [-0.05, 0) is 43.0 Å². The maximum Gasteiger partial charge on any atom is 0.0415 e. The Bertz CT molecular complexity index is 445. The molecule has 0 spiro atoms. The minimum Gasteiger partial charge on any atom is -0.368 e. The number of hydrogen-bond donors (Lipinski definition) is 1. The van der Waals surface area contributed by atoms with Crippen molar-refractivity contribution >= 4 is 21.6 Å². The number of rotatable bonds is 5. The van der Waals surface area contributed by atoms with E-state index in [-0.39, 0.29) is 0 Å². The van der Waals surface area contributed by atoms with Crippen molar-refractivity contribution < 1.29 is 0 Å². The monoisotopic (exact) mass is 352 g/mol. The average Bonchev–Trinajstić information content (AvgIpc) is 2.70. The van der Waals surface area contributed by atoms with Gasteiger partial charge in [-0.15, -0.1) is 0 Å². The molecule has 1 unspecified atom stereocenters. The third-order valence-electron chi connectivity index (χ3n) is 4.40. The highest BCUT2D eigenvalue weighted by molar-refractivity contribution is 9.10. The van der Waals surface area contributed by atoms with Crippen molar-refractivity contribution in [1.29, 1.82) is 0 Å². The molecule has 0 radical (unpaired) electrons. The summed E-state index contributed by atoms with van der Waals surface area (Å²) in [7, 11) is 0. The van der Waals surface area contributed by atoms with Crippen molar-refractivity contribution in [2.24, 2.45) is 0 Å². The minimum atomic E-state index is 0.517. The van der Waals surface area contributed by atoms with Gasteiger partial charge in [0.25, 0.3) is 0 Å². The summed E-state index contributed by atoms with van der Waals surface area (Å²) in [5.41, 5.74) is 2.85. The van der Waals surface area contributed by atoms with Gasteiger partial charge in [0, 0.05) is 35.3 Å². The van der Waals surface area contributed by atoms with Crippen molar-refractivity contribution in [2.75, 3.05) is 11.4 Å². The van der Waals surface area contributed by atoms with Gasteiger partial charge in [0.2, 0.25) is 0 Å². The third kappa shape index (κ3) is 4.72. The van der Waals surface area contributed by atoms with Crippen LogP contribution in [0, 0.1) is 0 Å². The van der Waals surface area contributed by atoms with E-state index in [0.29, 0.717) is 12.1 Å². The predicted octanol–water partition coefficient (Wildman–Crippen LogP) is 5.11. The van der Waals surface area contributed by atoms with Crippen molar-refractivity contribution in [3.05, 3.63) is 28.2 Å². The maximum absolute atomic E-state index is 3.63. The SMILES string of the molecule is CCC1CCCCCN1c1ccc(Br)cc1CNC(C)C. The summed E-state index contributed by atoms with van der Waals surface area (Å²) in [6.45, 7) is 8.89. The van der Waals surface area contributed by atoms with Crippen LogP contribution in [-0.4, -0.2) is 18.6 Å². The molecule has 1 aliphatic heterocycles. The molecule has 0 amide bonds. The smallest absolute Gasteiger partial charge is 0.0415 e. The second kappa shape index (κ2) is 8.19. The number of nitrogens with zero attached hydrogens (tertiary/aromatic N) is 1. The number of anilines is 1. The van der Waals surface area contributed by atoms with E-state index < -0.39 is 0 Å². The Kier molecular flexibility index (Phi) is 6.56. The van der Waals surface area contributed by atoms with E-state index >= 15 is 0 Å². The molecule has 1 aromatic carbocycles. The first-order valence-corrected chi connectivity index (χ1v) is 9.19. The molecule has 0 aliphatic carbocycles. The van der Waals surface area contributed by atoms with E-state index in [4.69, 9.17) is 0 Å². The fourth-order valence-electron chi connectivity index (χ4n) is 3.21. The molecule has 1 N–H and O–H groups in total. The molecule has 3 heteroatoms. The molecule has 1 heterocycles. The van der Waals surface area contributed by atoms with Gasteiger partial charge in [-0.25, -0.2) is 0 Å². The second-order valence-corrected chi connectivity index (χ2v) is 7.33. The second-order valence-electron chi connectivity index (χ2n) is 6.41. The van der Waals surface area contributed by atoms with Gasteiger partial charge in [0.1, 0.15) is 0 Å². The Hall–Kier alpha value is -0.540. The van der Waals surface area contributed by atoms with Crippen molar-refractivity contribution in [2.45, 2.75) is 71.5 Å². The van der Waals surface area contributed by atoms with Crippen LogP contribution in [0.15, 0.2) is 22.7 Å². The molecule has 0 aromatic heterocycles. The number of benzene rings is 1. The molecular weight excluding hydrogens is 324 g/mol. The molecular formula is C18H29BrN2. The number of halogens is 1. The van der Waals surface area contributed by atoms with Gasteiger partial charge in [-0.2, -0.15) is 0 Å². The lowest BCUT2D eigenvalue weighted by atomic mass is 10.0. The van der Waals surface area contributed by atoms with Crippen molar-refractivity contribution in [3.63, 3.8) is 0 Å². The van der Waals surface area contributed by atoms with E-state index in [0.717, 1.165) is 6.54 Å². The summed E-state index contributed by atoms with van der Waals surface area (Å²) in [6.07, 6.45) is 6.66. The standard InChI is InChI=1S/C18H29BrN2/c1-4-17-8-6-5-7-11-21(17)18-10-9-16(19)12-15(18)13-20-14(2)3/h9-10,12,14,17,20H,4-8,11,13H2,1-3H3. The molecule has 0 saturated carbocycles. The summed E-state index contributed by atoms with van der Waals surface area (Å²) < 4.78 is 1.18. The number of hydrogen-bond acceptors (Lipinski definition) is 2. The van der Waals surface area contributed by atoms with Crippen LogP contribution in [0.5, 0.6) is 0 Å². The topological polar surface area (TPSA) is 15.3 Å². The molecule has 21 heavy (non-hydrogen) atoms. The zero-order chi connectivity index (χ0) is 15.2. The maximum atomic E-state index is 3.63. The Morgan fingerprint density at radius 3 is 2.81 bits per heavy atom. The van der Waals surface area contributed by atoms with Crippen LogP contribution in [0.3, 0.4) is 0 Å². The third-order valence-corrected chi connectivity index (χ3v) is 4.89. The van der Waals surface area contributed by atoms with E-state index in [1.165, 1.54) is 54.4 Å². The first kappa shape index (κ1) is 16.8. The fraction of sp³-hybridized carbons (Fsp3) is 0.667. The van der Waals surface area contributed by atoms with Gasteiger partial charge in [0.05, 0.1) is 0 Å². The van der Waals surface area contributed by atoms with E-state index in [2.05, 4.69) is 65.1 Å². The van der Waals surface area contributed by atoms with Gasteiger partial charge in [-0.3, -0.25) is 0 Å². The molecule has 2 nitrogen and oxygen atoms in total. The molecule has 1 aliphatic rings. The van der Waals surface area contributed by atoms with Crippen LogP contribution in [0.1, 0.15) is 58.4 Å². The van der Waals surface area contributed by atoms with Crippen LogP contribution in [0.2, 0.25) is 0 Å². The van der Waals surface area contributed by atoms with Gasteiger partial charge < -0.3 is 10.2 Å². The first-order chi connectivity index (χ1) is 10.1. The van der Waals surface area contributed by atoms with Gasteiger partial charge in [-0.1, -0.05) is 49.5 Å². The van der Waals surface area contributed by atoms with E-state index in [1.54, 1.807) is 0 Å². The Balaban J connectivity index is 2.26. The highest BCUT2D eigenvalue weighted by Gasteiger charge is 2.21. The zero-order valence-electron chi connectivity index (χ0n) is 13.7. The predicted molar refractivity (Wildman–Crippen MR) is 96.0 cm³/mol. The summed E-state index contributed by atoms with van der Waals surface area (Å²) in [4.78, 5) is 2.66. The summed E-state index contributed by atoms with van der Waals surface area (Å²) in [5.74, 6) is 0. The average molecular weight is 353 g/mol. The first-order valence-electron chi connectivity index (χ1n) is 8.40. The molecule has 1 aromatic rings. The fourth-order valence-corrected chi connectivity index (χ4v) is 3.62. The lowest BCUT2D eigenvalue weighted by Gasteiger charge is -2.33. The van der Waals surface area contributed by atoms with Crippen LogP contribution in [-0.2, 0) is 6.54 Å². The number of nitrogens with one attached hydrogen (secondary N) is 1. The normalized spacial score (nSPS) is 19.9. The minimum absolute atomic E-state index is 0.517. The Morgan fingerprint density at radius 2 is 2.10 bits per heavy atom. The molecule has 2 rings (SSSR count). The highest BCUT2D eigenvalue weighted by Crippen LogP contribution is 2.30. The van der Waals surface area contributed by atoms with Crippen molar-refractivity contribution in [3.8, 4) is 0 Å². The largest absolute Gasteiger partial charge is 0.368 e. The molecule has 1 saturated heterocycles. The lowest BCUT2D eigenvalue weighted by molar-refractivity contribution is 0.549. The van der Waals surface area contributed by atoms with Crippen LogP contribution in [0.4, 0.5) is 5.69 Å². The summed E-state index contributed by atoms with van der Waals surface area (Å²) in [5, 5.41) is 3.57.